The molecule has 0 saturated heterocycles. The number of likely N-dealkylation sites (N-methyl/N-ethyl adjacent to an activating group) is 3. The average Bonchev–Trinajstić information content (AvgIpc) is 2.90. The molecule has 0 bridgehead atoms. The van der Waals surface area contributed by atoms with Gasteiger partial charge in [-0.1, -0.05) is 30.9 Å². The van der Waals surface area contributed by atoms with Crippen LogP contribution in [0, 0.1) is 11.8 Å². The van der Waals surface area contributed by atoms with E-state index in [0.717, 1.165) is 30.1 Å². The largest absolute Gasteiger partial charge is 0.383 e. The third-order valence-corrected chi connectivity index (χ3v) is 5.46. The lowest BCUT2D eigenvalue weighted by Crippen LogP contribution is -2.54. The zero-order chi connectivity index (χ0) is 25.8. The molecule has 1 unspecified atom stereocenters. The minimum Gasteiger partial charge on any atom is -0.383 e. The van der Waals surface area contributed by atoms with Gasteiger partial charge in [-0.25, -0.2) is 5.48 Å². The lowest BCUT2D eigenvalue weighted by atomic mass is 10.1. The summed E-state index contributed by atoms with van der Waals surface area (Å²) >= 11 is 0. The Morgan fingerprint density at radius 3 is 2.06 bits per heavy atom. The Bertz CT molecular complexity index is 1040. The molecule has 9 nitrogen and oxygen atoms in total. The maximum absolute atomic E-state index is 12.7. The Morgan fingerprint density at radius 2 is 1.57 bits per heavy atom. The normalized spacial score (nSPS) is 11.3. The highest BCUT2D eigenvalue weighted by Gasteiger charge is 2.33. The molecule has 1 atom stereocenters. The SMILES string of the molecule is CCN(CCOC)Cc1ccc(C#Cc2ccc(C(=O)N(C)C(C(=O)NC)C(=O)NO)cc2)cc1. The van der Waals surface area contributed by atoms with Crippen LogP contribution >= 0.6 is 0 Å². The lowest BCUT2D eigenvalue weighted by molar-refractivity contribution is -0.140. The van der Waals surface area contributed by atoms with Crippen molar-refractivity contribution in [3.8, 4) is 11.8 Å². The summed E-state index contributed by atoms with van der Waals surface area (Å²) in [5, 5.41) is 11.2. The number of ether oxygens (including phenoxy) is 1. The molecule has 0 fully saturated rings. The fraction of sp³-hybridized carbons (Fsp3) is 0.346. The number of rotatable bonds is 10. The second kappa shape index (κ2) is 13.9. The van der Waals surface area contributed by atoms with Crippen LogP contribution in [0.4, 0.5) is 0 Å². The molecule has 2 rings (SSSR count). The van der Waals surface area contributed by atoms with Crippen molar-refractivity contribution in [3.63, 3.8) is 0 Å². The van der Waals surface area contributed by atoms with Crippen LogP contribution in [0.5, 0.6) is 0 Å². The molecule has 0 radical (unpaired) electrons. The second-order valence-electron chi connectivity index (χ2n) is 7.79. The van der Waals surface area contributed by atoms with Crippen LogP contribution in [0.15, 0.2) is 48.5 Å². The second-order valence-corrected chi connectivity index (χ2v) is 7.79. The van der Waals surface area contributed by atoms with Crippen molar-refractivity contribution in [1.29, 1.82) is 0 Å². The summed E-state index contributed by atoms with van der Waals surface area (Å²) < 4.78 is 5.15. The number of nitrogens with one attached hydrogen (secondary N) is 2. The minimum atomic E-state index is -1.51. The van der Waals surface area contributed by atoms with E-state index in [-0.39, 0.29) is 5.56 Å². The minimum absolute atomic E-state index is 0.274. The van der Waals surface area contributed by atoms with Gasteiger partial charge in [-0.15, -0.1) is 0 Å². The Kier molecular flexibility index (Phi) is 10.9. The number of hydroxylamine groups is 1. The molecule has 0 aromatic heterocycles. The van der Waals surface area contributed by atoms with Gasteiger partial charge in [0.25, 0.3) is 17.7 Å². The van der Waals surface area contributed by atoms with Crippen LogP contribution in [-0.2, 0) is 20.9 Å². The highest BCUT2D eigenvalue weighted by atomic mass is 16.5. The van der Waals surface area contributed by atoms with E-state index >= 15 is 0 Å². The Balaban J connectivity index is 2.06. The third-order valence-electron chi connectivity index (χ3n) is 5.46. The van der Waals surface area contributed by atoms with E-state index in [1.807, 2.05) is 12.1 Å². The smallest absolute Gasteiger partial charge is 0.275 e. The summed E-state index contributed by atoms with van der Waals surface area (Å²) in [5.41, 5.74) is 4.47. The standard InChI is InChI=1S/C26H32N4O5/c1-5-30(16-17-35-4)18-21-10-8-19(9-11-21)6-7-20-12-14-22(15-13-20)26(33)29(3)23(24(31)27-2)25(32)28-34/h8-15,23,34H,5,16-18H2,1-4H3,(H,27,31)(H,28,32). The molecule has 0 aliphatic rings. The molecule has 9 heteroatoms. The summed E-state index contributed by atoms with van der Waals surface area (Å²) in [4.78, 5) is 39.9. The van der Waals surface area contributed by atoms with Gasteiger partial charge in [0.1, 0.15) is 0 Å². The molecule has 0 heterocycles. The summed E-state index contributed by atoms with van der Waals surface area (Å²) in [6.45, 7) is 5.49. The number of carbonyl (C=O) groups is 3. The van der Waals surface area contributed by atoms with Crippen molar-refractivity contribution < 1.29 is 24.3 Å². The molecular weight excluding hydrogens is 448 g/mol. The molecule has 3 N–H and O–H groups in total. The quantitative estimate of drug-likeness (QED) is 0.204. The van der Waals surface area contributed by atoms with Crippen molar-refractivity contribution in [2.75, 3.05) is 40.9 Å². The van der Waals surface area contributed by atoms with E-state index in [1.54, 1.807) is 31.4 Å². The molecule has 0 aliphatic carbocycles. The molecule has 0 spiro atoms. The van der Waals surface area contributed by atoms with Crippen LogP contribution in [0.25, 0.3) is 0 Å². The number of benzene rings is 2. The zero-order valence-corrected chi connectivity index (χ0v) is 20.5. The van der Waals surface area contributed by atoms with Gasteiger partial charge in [0.05, 0.1) is 6.61 Å². The van der Waals surface area contributed by atoms with E-state index in [0.29, 0.717) is 12.2 Å². The first kappa shape index (κ1) is 27.5. The third kappa shape index (κ3) is 7.93. The number of carbonyl (C=O) groups excluding carboxylic acids is 3. The van der Waals surface area contributed by atoms with E-state index < -0.39 is 23.8 Å². The van der Waals surface area contributed by atoms with Gasteiger partial charge >= 0.3 is 0 Å². The molecule has 3 amide bonds. The molecule has 35 heavy (non-hydrogen) atoms. The van der Waals surface area contributed by atoms with Crippen molar-refractivity contribution in [2.24, 2.45) is 0 Å². The molecule has 0 saturated carbocycles. The number of hydrogen-bond acceptors (Lipinski definition) is 6. The van der Waals surface area contributed by atoms with Crippen molar-refractivity contribution in [2.45, 2.75) is 19.5 Å². The van der Waals surface area contributed by atoms with Crippen LogP contribution in [0.3, 0.4) is 0 Å². The zero-order valence-electron chi connectivity index (χ0n) is 20.5. The highest BCUT2D eigenvalue weighted by molar-refractivity contribution is 6.08. The average molecular weight is 481 g/mol. The van der Waals surface area contributed by atoms with E-state index in [9.17, 15) is 14.4 Å². The predicted molar refractivity (Wildman–Crippen MR) is 132 cm³/mol. The van der Waals surface area contributed by atoms with Gasteiger partial charge < -0.3 is 15.0 Å². The van der Waals surface area contributed by atoms with Crippen molar-refractivity contribution in [1.82, 2.24) is 20.6 Å². The summed E-state index contributed by atoms with van der Waals surface area (Å²) in [5.74, 6) is 3.90. The predicted octanol–water partition coefficient (Wildman–Crippen LogP) is 1.25. The first-order valence-corrected chi connectivity index (χ1v) is 11.2. The Labute approximate surface area is 206 Å². The number of nitrogens with zero attached hydrogens (tertiary/aromatic N) is 2. The molecule has 186 valence electrons. The van der Waals surface area contributed by atoms with E-state index in [2.05, 4.69) is 41.1 Å². The maximum atomic E-state index is 12.7. The number of hydrogen-bond donors (Lipinski definition) is 3. The van der Waals surface area contributed by atoms with Crippen LogP contribution < -0.4 is 10.8 Å². The topological polar surface area (TPSA) is 111 Å². The maximum Gasteiger partial charge on any atom is 0.275 e. The van der Waals surface area contributed by atoms with Crippen LogP contribution in [0.2, 0.25) is 0 Å². The number of methoxy groups -OCH3 is 1. The van der Waals surface area contributed by atoms with Crippen molar-refractivity contribution >= 4 is 17.7 Å². The number of amides is 3. The monoisotopic (exact) mass is 480 g/mol. The summed E-state index contributed by atoms with van der Waals surface area (Å²) in [6.07, 6.45) is 0. The van der Waals surface area contributed by atoms with E-state index in [1.165, 1.54) is 25.1 Å². The first-order chi connectivity index (χ1) is 16.8. The Morgan fingerprint density at radius 1 is 1.00 bits per heavy atom. The summed E-state index contributed by atoms with van der Waals surface area (Å²) in [7, 11) is 4.35. The van der Waals surface area contributed by atoms with Crippen molar-refractivity contribution in [3.05, 3.63) is 70.8 Å². The lowest BCUT2D eigenvalue weighted by Gasteiger charge is -2.25. The fourth-order valence-electron chi connectivity index (χ4n) is 3.35. The van der Waals surface area contributed by atoms with Gasteiger partial charge in [0.2, 0.25) is 0 Å². The molecule has 2 aromatic carbocycles. The van der Waals surface area contributed by atoms with Gasteiger partial charge in [-0.3, -0.25) is 24.5 Å². The highest BCUT2D eigenvalue weighted by Crippen LogP contribution is 2.11. The van der Waals surface area contributed by atoms with Gasteiger partial charge in [0.15, 0.2) is 6.04 Å². The molecule has 2 aromatic rings. The Hall–Kier alpha value is -3.71. The van der Waals surface area contributed by atoms with Gasteiger partial charge in [-0.05, 0) is 48.5 Å². The van der Waals surface area contributed by atoms with Crippen LogP contribution in [0.1, 0.15) is 34.0 Å². The van der Waals surface area contributed by atoms with Gasteiger partial charge in [0, 0.05) is 51.0 Å². The fourth-order valence-corrected chi connectivity index (χ4v) is 3.35. The van der Waals surface area contributed by atoms with Crippen LogP contribution in [-0.4, -0.2) is 79.7 Å². The van der Waals surface area contributed by atoms with E-state index in [4.69, 9.17) is 9.94 Å². The molecule has 0 aliphatic heterocycles. The molecular formula is C26H32N4O5. The first-order valence-electron chi connectivity index (χ1n) is 11.2. The summed E-state index contributed by atoms with van der Waals surface area (Å²) in [6, 6.07) is 13.1. The van der Waals surface area contributed by atoms with Gasteiger partial charge in [-0.2, -0.15) is 0 Å².